The number of rotatable bonds is 2. The molecule has 0 amide bonds. The molecule has 0 spiro atoms. The van der Waals surface area contributed by atoms with Crippen LogP contribution in [0.5, 0.6) is 0 Å². The molecule has 0 aromatic carbocycles. The summed E-state index contributed by atoms with van der Waals surface area (Å²) >= 11 is 4.30. The molecule has 1 aromatic rings. The largest absolute Gasteiger partial charge is 0.308 e. The number of hydrogen-bond acceptors (Lipinski definition) is 2. The van der Waals surface area contributed by atoms with E-state index in [1.54, 1.807) is 5.38 Å². The molecule has 1 saturated heterocycles. The molecule has 1 aromatic heterocycles. The molecule has 1 unspecified atom stereocenters. The summed E-state index contributed by atoms with van der Waals surface area (Å²) in [6.07, 6.45) is 1.40. The zero-order chi connectivity index (χ0) is 10.2. The van der Waals surface area contributed by atoms with Gasteiger partial charge in [0, 0.05) is 9.85 Å². The lowest BCUT2D eigenvalue weighted by Crippen LogP contribution is -2.37. The summed E-state index contributed by atoms with van der Waals surface area (Å²) in [5, 5.41) is 4.54. The van der Waals surface area contributed by atoms with Crippen LogP contribution in [0.4, 0.5) is 8.78 Å². The minimum absolute atomic E-state index is 0.142. The van der Waals surface area contributed by atoms with E-state index in [9.17, 15) is 8.78 Å². The van der Waals surface area contributed by atoms with Crippen molar-refractivity contribution in [3.05, 3.63) is 20.8 Å². The summed E-state index contributed by atoms with van der Waals surface area (Å²) < 4.78 is 28.3. The predicted molar refractivity (Wildman–Crippen MR) is 56.9 cm³/mol. The van der Waals surface area contributed by atoms with Crippen molar-refractivity contribution in [3.63, 3.8) is 0 Å². The molecule has 0 bridgehead atoms. The van der Waals surface area contributed by atoms with E-state index in [1.165, 1.54) is 6.07 Å². The Balaban J connectivity index is 2.22. The molecule has 2 heterocycles. The van der Waals surface area contributed by atoms with Crippen LogP contribution in [0.1, 0.15) is 17.7 Å². The molecule has 1 atom stereocenters. The van der Waals surface area contributed by atoms with Gasteiger partial charge in [-0.25, -0.2) is 0 Å². The predicted octanol–water partition coefficient (Wildman–Crippen LogP) is 3.35. The number of thiophene rings is 1. The maximum Gasteiger partial charge on any atom is 0.297 e. The Hall–Kier alpha value is -0.0000000000000000486. The van der Waals surface area contributed by atoms with E-state index in [-0.39, 0.29) is 4.88 Å². The highest BCUT2D eigenvalue weighted by molar-refractivity contribution is 9.10. The Morgan fingerprint density at radius 3 is 2.86 bits per heavy atom. The third-order valence-corrected chi connectivity index (χ3v) is 4.17. The van der Waals surface area contributed by atoms with Gasteiger partial charge in [-0.05, 0) is 41.4 Å². The Kier molecular flexibility index (Phi) is 2.91. The molecule has 2 rings (SSSR count). The summed E-state index contributed by atoms with van der Waals surface area (Å²) in [6.45, 7) is 0.701. The van der Waals surface area contributed by atoms with Gasteiger partial charge in [-0.15, -0.1) is 11.3 Å². The first-order chi connectivity index (χ1) is 6.60. The van der Waals surface area contributed by atoms with E-state index in [2.05, 4.69) is 21.2 Å². The minimum atomic E-state index is -2.73. The molecular weight excluding hydrogens is 272 g/mol. The lowest BCUT2D eigenvalue weighted by molar-refractivity contribution is -0.0340. The molecule has 0 radical (unpaired) electrons. The van der Waals surface area contributed by atoms with Crippen LogP contribution in [-0.2, 0) is 5.92 Å². The van der Waals surface area contributed by atoms with Crippen LogP contribution in [0.3, 0.4) is 0 Å². The first kappa shape index (κ1) is 10.5. The van der Waals surface area contributed by atoms with Crippen molar-refractivity contribution in [2.75, 3.05) is 6.54 Å². The molecule has 1 N–H and O–H groups in total. The van der Waals surface area contributed by atoms with Crippen molar-refractivity contribution in [2.24, 2.45) is 0 Å². The number of hydrogen-bond donors (Lipinski definition) is 1. The lowest BCUT2D eigenvalue weighted by atomic mass is 10.1. The highest BCUT2D eigenvalue weighted by Gasteiger charge is 2.43. The Bertz CT molecular complexity index is 320. The normalized spacial score (nSPS) is 22.9. The maximum atomic E-state index is 13.8. The van der Waals surface area contributed by atoms with Gasteiger partial charge in [0.2, 0.25) is 0 Å². The van der Waals surface area contributed by atoms with E-state index in [4.69, 9.17) is 0 Å². The maximum absolute atomic E-state index is 13.8. The van der Waals surface area contributed by atoms with Gasteiger partial charge in [0.25, 0.3) is 5.92 Å². The third kappa shape index (κ3) is 1.85. The highest BCUT2D eigenvalue weighted by Crippen LogP contribution is 2.39. The fraction of sp³-hybridized carbons (Fsp3) is 0.556. The van der Waals surface area contributed by atoms with Crippen molar-refractivity contribution in [1.29, 1.82) is 0 Å². The fourth-order valence-corrected chi connectivity index (χ4v) is 3.12. The van der Waals surface area contributed by atoms with Gasteiger partial charge in [-0.2, -0.15) is 8.78 Å². The monoisotopic (exact) mass is 281 g/mol. The van der Waals surface area contributed by atoms with E-state index in [0.717, 1.165) is 22.2 Å². The van der Waals surface area contributed by atoms with Crippen LogP contribution < -0.4 is 5.32 Å². The second-order valence-corrected chi connectivity index (χ2v) is 5.23. The van der Waals surface area contributed by atoms with Crippen LogP contribution in [0.15, 0.2) is 15.9 Å². The third-order valence-electron chi connectivity index (χ3n) is 2.39. The number of nitrogens with one attached hydrogen (secondary N) is 1. The van der Waals surface area contributed by atoms with Crippen LogP contribution in [-0.4, -0.2) is 12.6 Å². The topological polar surface area (TPSA) is 12.0 Å². The molecule has 78 valence electrons. The Morgan fingerprint density at radius 1 is 1.57 bits per heavy atom. The molecule has 14 heavy (non-hydrogen) atoms. The second kappa shape index (κ2) is 3.87. The van der Waals surface area contributed by atoms with E-state index in [0.29, 0.717) is 13.0 Å². The molecule has 5 heteroatoms. The highest BCUT2D eigenvalue weighted by atomic mass is 79.9. The molecule has 0 saturated carbocycles. The van der Waals surface area contributed by atoms with Crippen molar-refractivity contribution < 1.29 is 8.78 Å². The number of halogens is 3. The van der Waals surface area contributed by atoms with Gasteiger partial charge in [-0.1, -0.05) is 0 Å². The van der Waals surface area contributed by atoms with Crippen molar-refractivity contribution in [3.8, 4) is 0 Å². The SMILES string of the molecule is FC(F)(c1cc(Br)cs1)C1CCCN1. The van der Waals surface area contributed by atoms with Gasteiger partial charge in [0.15, 0.2) is 0 Å². The molecule has 1 aliphatic rings. The van der Waals surface area contributed by atoms with Crippen molar-refractivity contribution in [2.45, 2.75) is 24.8 Å². The molecule has 1 aliphatic heterocycles. The summed E-state index contributed by atoms with van der Waals surface area (Å²) in [4.78, 5) is 0.142. The Labute approximate surface area is 93.6 Å². The minimum Gasteiger partial charge on any atom is -0.308 e. The quantitative estimate of drug-likeness (QED) is 0.877. The second-order valence-electron chi connectivity index (χ2n) is 3.40. The van der Waals surface area contributed by atoms with Gasteiger partial charge >= 0.3 is 0 Å². The molecule has 1 nitrogen and oxygen atoms in total. The van der Waals surface area contributed by atoms with E-state index >= 15 is 0 Å². The van der Waals surface area contributed by atoms with E-state index in [1.807, 2.05) is 0 Å². The number of alkyl halides is 2. The van der Waals surface area contributed by atoms with Crippen LogP contribution >= 0.6 is 27.3 Å². The van der Waals surface area contributed by atoms with Gasteiger partial charge in [0.1, 0.15) is 0 Å². The first-order valence-electron chi connectivity index (χ1n) is 4.46. The summed E-state index contributed by atoms with van der Waals surface area (Å²) in [5.74, 6) is -2.73. The van der Waals surface area contributed by atoms with Crippen molar-refractivity contribution in [1.82, 2.24) is 5.32 Å². The van der Waals surface area contributed by atoms with Crippen molar-refractivity contribution >= 4 is 27.3 Å². The summed E-state index contributed by atoms with van der Waals surface area (Å²) in [5.41, 5.74) is 0. The Morgan fingerprint density at radius 2 is 2.36 bits per heavy atom. The summed E-state index contributed by atoms with van der Waals surface area (Å²) in [6, 6.07) is 0.818. The average molecular weight is 282 g/mol. The zero-order valence-electron chi connectivity index (χ0n) is 7.40. The molecular formula is C9H10BrF2NS. The lowest BCUT2D eigenvalue weighted by Gasteiger charge is -2.21. The first-order valence-corrected chi connectivity index (χ1v) is 6.13. The smallest absolute Gasteiger partial charge is 0.297 e. The van der Waals surface area contributed by atoms with Gasteiger partial charge < -0.3 is 5.32 Å². The standard InChI is InChI=1S/C9H10BrF2NS/c10-6-4-8(14-5-6)9(11,12)7-2-1-3-13-7/h4-5,7,13H,1-3H2. The van der Waals surface area contributed by atoms with Crippen LogP contribution in [0.25, 0.3) is 0 Å². The average Bonchev–Trinajstić information content (AvgIpc) is 2.72. The van der Waals surface area contributed by atoms with Gasteiger partial charge in [0.05, 0.1) is 10.9 Å². The summed E-state index contributed by atoms with van der Waals surface area (Å²) in [7, 11) is 0. The fourth-order valence-electron chi connectivity index (χ4n) is 1.65. The van der Waals surface area contributed by atoms with E-state index < -0.39 is 12.0 Å². The molecule has 0 aliphatic carbocycles. The van der Waals surface area contributed by atoms with Gasteiger partial charge in [-0.3, -0.25) is 0 Å². The van der Waals surface area contributed by atoms with Crippen LogP contribution in [0.2, 0.25) is 0 Å². The zero-order valence-corrected chi connectivity index (χ0v) is 9.80. The van der Waals surface area contributed by atoms with Crippen LogP contribution in [0, 0.1) is 0 Å². The molecule has 1 fully saturated rings.